The molecule has 0 saturated heterocycles. The minimum absolute atomic E-state index is 0.218. The average molecular weight is 335 g/mol. The third-order valence-corrected chi connectivity index (χ3v) is 4.83. The summed E-state index contributed by atoms with van der Waals surface area (Å²) in [6.07, 6.45) is 2.23. The number of hydrazone groups is 1. The number of thiophene rings is 1. The van der Waals surface area contributed by atoms with Crippen molar-refractivity contribution in [1.82, 2.24) is 5.01 Å². The summed E-state index contributed by atoms with van der Waals surface area (Å²) in [7, 11) is 0. The third-order valence-electron chi connectivity index (χ3n) is 3.92. The van der Waals surface area contributed by atoms with Crippen molar-refractivity contribution < 1.29 is 9.59 Å². The zero-order valence-electron chi connectivity index (χ0n) is 12.9. The molecule has 0 N–H and O–H groups in total. The number of fused-ring (bicyclic) bond motifs is 1. The molecular weight excluding hydrogens is 322 g/mol. The number of hydrogen-bond donors (Lipinski definition) is 0. The number of carbonyl (C=O) groups excluding carboxylic acids is 2. The number of amides is 2. The van der Waals surface area contributed by atoms with Gasteiger partial charge in [-0.15, -0.1) is 11.3 Å². The fourth-order valence-corrected chi connectivity index (χ4v) is 3.51. The van der Waals surface area contributed by atoms with E-state index >= 15 is 0 Å². The van der Waals surface area contributed by atoms with Crippen LogP contribution in [0.15, 0.2) is 63.1 Å². The van der Waals surface area contributed by atoms with Crippen molar-refractivity contribution in [2.75, 3.05) is 0 Å². The summed E-state index contributed by atoms with van der Waals surface area (Å²) >= 11 is 1.56. The Labute approximate surface area is 142 Å². The molecule has 0 atom stereocenters. The third kappa shape index (κ3) is 2.41. The second-order valence-electron chi connectivity index (χ2n) is 5.51. The van der Waals surface area contributed by atoms with Crippen molar-refractivity contribution >= 4 is 34.9 Å². The number of rotatable bonds is 1. The van der Waals surface area contributed by atoms with Gasteiger partial charge in [0.05, 0.1) is 27.2 Å². The van der Waals surface area contributed by atoms with E-state index in [0.717, 1.165) is 15.8 Å². The van der Waals surface area contributed by atoms with Gasteiger partial charge in [0, 0.05) is 18.6 Å². The van der Waals surface area contributed by atoms with Gasteiger partial charge in [0.25, 0.3) is 5.91 Å². The van der Waals surface area contributed by atoms with E-state index in [1.165, 1.54) is 11.9 Å². The highest BCUT2D eigenvalue weighted by Gasteiger charge is 2.30. The van der Waals surface area contributed by atoms with Crippen molar-refractivity contribution in [3.05, 3.63) is 68.5 Å². The maximum absolute atomic E-state index is 12.5. The first kappa shape index (κ1) is 14.7. The highest BCUT2D eigenvalue weighted by Crippen LogP contribution is 2.29. The Kier molecular flexibility index (Phi) is 3.46. The minimum atomic E-state index is -0.336. The van der Waals surface area contributed by atoms with Gasteiger partial charge in [-0.1, -0.05) is 24.3 Å². The highest BCUT2D eigenvalue weighted by molar-refractivity contribution is 7.12. The Morgan fingerprint density at radius 1 is 1.21 bits per heavy atom. The molecule has 0 aliphatic carbocycles. The molecule has 1 aromatic heterocycles. The number of nitrogens with zero attached hydrogens (tertiary/aromatic N) is 3. The van der Waals surface area contributed by atoms with Crippen LogP contribution in [0.4, 0.5) is 0 Å². The zero-order valence-corrected chi connectivity index (χ0v) is 13.7. The quantitative estimate of drug-likeness (QED) is 0.743. The molecule has 2 aliphatic rings. The van der Waals surface area contributed by atoms with Crippen molar-refractivity contribution in [2.24, 2.45) is 10.1 Å². The second kappa shape index (κ2) is 5.65. The number of benzene rings is 1. The highest BCUT2D eigenvalue weighted by atomic mass is 32.1. The smallest absolute Gasteiger partial charge is 0.273 e. The van der Waals surface area contributed by atoms with Gasteiger partial charge in [-0.25, -0.2) is 10.0 Å². The molecule has 0 fully saturated rings. The predicted molar refractivity (Wildman–Crippen MR) is 91.7 cm³/mol. The van der Waals surface area contributed by atoms with Gasteiger partial charge in [0.2, 0.25) is 5.91 Å². The molecule has 4 rings (SSSR count). The normalized spacial score (nSPS) is 19.5. The van der Waals surface area contributed by atoms with Crippen LogP contribution in [0, 0.1) is 0 Å². The van der Waals surface area contributed by atoms with Crippen LogP contribution in [0.5, 0.6) is 0 Å². The van der Waals surface area contributed by atoms with E-state index in [9.17, 15) is 9.59 Å². The largest absolute Gasteiger partial charge is 0.279 e. The van der Waals surface area contributed by atoms with E-state index in [1.54, 1.807) is 23.5 Å². The summed E-state index contributed by atoms with van der Waals surface area (Å²) in [5.41, 5.74) is 1.82. The molecule has 0 spiro atoms. The molecule has 0 bridgehead atoms. The number of carbonyl (C=O) groups is 2. The van der Waals surface area contributed by atoms with Crippen molar-refractivity contribution in [3.63, 3.8) is 0 Å². The lowest BCUT2D eigenvalue weighted by atomic mass is 10.0. The van der Waals surface area contributed by atoms with Crippen LogP contribution in [0.3, 0.4) is 0 Å². The molecule has 5 nitrogen and oxygen atoms in total. The van der Waals surface area contributed by atoms with Crippen molar-refractivity contribution in [2.45, 2.75) is 13.3 Å². The summed E-state index contributed by atoms with van der Waals surface area (Å²) in [4.78, 5) is 29.6. The molecule has 0 saturated carbocycles. The van der Waals surface area contributed by atoms with Gasteiger partial charge >= 0.3 is 0 Å². The van der Waals surface area contributed by atoms with Crippen molar-refractivity contribution in [1.29, 1.82) is 0 Å². The summed E-state index contributed by atoms with van der Waals surface area (Å²) in [6, 6.07) is 11.3. The molecular formula is C18H13N3O2S. The van der Waals surface area contributed by atoms with Crippen LogP contribution in [-0.4, -0.2) is 22.5 Å². The van der Waals surface area contributed by atoms with E-state index < -0.39 is 0 Å². The molecule has 1 aromatic carbocycles. The first-order valence-corrected chi connectivity index (χ1v) is 8.36. The van der Waals surface area contributed by atoms with E-state index in [1.807, 2.05) is 35.7 Å². The summed E-state index contributed by atoms with van der Waals surface area (Å²) in [6.45, 7) is 1.44. The standard InChI is InChI=1S/C18H13N3O2S/c1-11(22)21-16(10-15(20-21)17-7-4-8-24-17)13-9-12-5-2-3-6-14(12)19-18(13)23/h2-9H,10H2,1H3/b16-13+. The molecule has 24 heavy (non-hydrogen) atoms. The zero-order chi connectivity index (χ0) is 16.7. The van der Waals surface area contributed by atoms with E-state index in [-0.39, 0.29) is 11.8 Å². The van der Waals surface area contributed by atoms with Gasteiger partial charge < -0.3 is 0 Å². The maximum atomic E-state index is 12.5. The fourth-order valence-electron chi connectivity index (χ4n) is 2.80. The number of allylic oxidation sites excluding steroid dienone is 1. The lowest BCUT2D eigenvalue weighted by molar-refractivity contribution is -0.126. The van der Waals surface area contributed by atoms with Crippen LogP contribution >= 0.6 is 11.3 Å². The summed E-state index contributed by atoms with van der Waals surface area (Å²) in [5, 5.41) is 9.22. The second-order valence-corrected chi connectivity index (χ2v) is 6.46. The summed E-state index contributed by atoms with van der Waals surface area (Å²) in [5.74, 6) is -0.554. The Hall–Kier alpha value is -2.86. The topological polar surface area (TPSA) is 62.1 Å². The molecule has 2 aromatic rings. The van der Waals surface area contributed by atoms with E-state index in [2.05, 4.69) is 10.1 Å². The van der Waals surface area contributed by atoms with Gasteiger partial charge in [0.1, 0.15) is 0 Å². The SMILES string of the molecule is CC(=O)N1N=C(c2cccs2)C/C1=C1/C=c2ccccc2=NC1=O. The lowest BCUT2D eigenvalue weighted by Crippen LogP contribution is -2.32. The lowest BCUT2D eigenvalue weighted by Gasteiger charge is -2.15. The Morgan fingerprint density at radius 3 is 2.79 bits per heavy atom. The van der Waals surface area contributed by atoms with Crippen LogP contribution in [0.2, 0.25) is 0 Å². The molecule has 6 heteroatoms. The van der Waals surface area contributed by atoms with Gasteiger partial charge in [-0.05, 0) is 23.6 Å². The van der Waals surface area contributed by atoms with Gasteiger partial charge in [-0.2, -0.15) is 5.10 Å². The molecule has 0 unspecified atom stereocenters. The fraction of sp³-hybridized carbons (Fsp3) is 0.111. The first-order valence-electron chi connectivity index (χ1n) is 7.48. The Bertz CT molecular complexity index is 1030. The Morgan fingerprint density at radius 2 is 2.04 bits per heavy atom. The van der Waals surface area contributed by atoms with Crippen LogP contribution in [0.1, 0.15) is 18.2 Å². The van der Waals surface area contributed by atoms with E-state index in [0.29, 0.717) is 23.0 Å². The molecule has 2 aliphatic heterocycles. The monoisotopic (exact) mass is 335 g/mol. The minimum Gasteiger partial charge on any atom is -0.273 e. The Balaban J connectivity index is 1.86. The first-order chi connectivity index (χ1) is 11.6. The van der Waals surface area contributed by atoms with Crippen LogP contribution < -0.4 is 10.6 Å². The van der Waals surface area contributed by atoms with Gasteiger partial charge in [-0.3, -0.25) is 9.59 Å². The van der Waals surface area contributed by atoms with E-state index in [4.69, 9.17) is 0 Å². The maximum Gasteiger partial charge on any atom is 0.279 e. The molecule has 2 amide bonds. The van der Waals surface area contributed by atoms with Crippen LogP contribution in [-0.2, 0) is 9.59 Å². The van der Waals surface area contributed by atoms with Crippen LogP contribution in [0.25, 0.3) is 6.08 Å². The number of para-hydroxylation sites is 1. The average Bonchev–Trinajstić information content (AvgIpc) is 3.23. The van der Waals surface area contributed by atoms with Crippen molar-refractivity contribution in [3.8, 4) is 0 Å². The summed E-state index contributed by atoms with van der Waals surface area (Å²) < 4.78 is 0. The van der Waals surface area contributed by atoms with Gasteiger partial charge in [0.15, 0.2) is 0 Å². The molecule has 118 valence electrons. The number of hydrogen-bond acceptors (Lipinski definition) is 4. The molecule has 3 heterocycles. The predicted octanol–water partition coefficient (Wildman–Crippen LogP) is 1.60. The molecule has 0 radical (unpaired) electrons.